The Bertz CT molecular complexity index is 425. The first kappa shape index (κ1) is 16.8. The third-order valence-corrected chi connectivity index (χ3v) is 3.28. The standard InChI is InChI=1S/C14H21N3O2.ClH/c1-19-13-6-4-12(5-7-13)16-14(18)10-17-8-2-3-11(15)9-17;/h4-7,11H,2-3,8-10,15H2,1H3,(H,16,18);1H. The molecule has 0 saturated carbocycles. The second-order valence-corrected chi connectivity index (χ2v) is 4.91. The van der Waals surface area contributed by atoms with Gasteiger partial charge in [0.05, 0.1) is 13.7 Å². The highest BCUT2D eigenvalue weighted by Gasteiger charge is 2.18. The second-order valence-electron chi connectivity index (χ2n) is 4.91. The number of benzene rings is 1. The summed E-state index contributed by atoms with van der Waals surface area (Å²) >= 11 is 0. The number of carbonyl (C=O) groups excluding carboxylic acids is 1. The fourth-order valence-electron chi connectivity index (χ4n) is 2.31. The Kier molecular flexibility index (Phi) is 6.78. The normalized spacial score (nSPS) is 19.0. The van der Waals surface area contributed by atoms with Crippen LogP contribution >= 0.6 is 12.4 Å². The van der Waals surface area contributed by atoms with Crippen molar-refractivity contribution in [1.29, 1.82) is 0 Å². The first-order chi connectivity index (χ1) is 9.17. The smallest absolute Gasteiger partial charge is 0.238 e. The van der Waals surface area contributed by atoms with Crippen molar-refractivity contribution in [2.75, 3.05) is 32.1 Å². The molecular formula is C14H22ClN3O2. The fourth-order valence-corrected chi connectivity index (χ4v) is 2.31. The lowest BCUT2D eigenvalue weighted by atomic mass is 10.1. The van der Waals surface area contributed by atoms with Gasteiger partial charge >= 0.3 is 0 Å². The second kappa shape index (κ2) is 8.09. The summed E-state index contributed by atoms with van der Waals surface area (Å²) in [5.41, 5.74) is 6.68. The molecular weight excluding hydrogens is 278 g/mol. The van der Waals surface area contributed by atoms with E-state index in [9.17, 15) is 4.79 Å². The fraction of sp³-hybridized carbons (Fsp3) is 0.500. The predicted octanol–water partition coefficient (Wildman–Crippen LogP) is 1.48. The lowest BCUT2D eigenvalue weighted by Crippen LogP contribution is -2.45. The zero-order valence-electron chi connectivity index (χ0n) is 11.7. The summed E-state index contributed by atoms with van der Waals surface area (Å²) in [5.74, 6) is 0.777. The molecule has 1 fully saturated rings. The SMILES string of the molecule is COc1ccc(NC(=O)CN2CCCC(N)C2)cc1.Cl. The van der Waals surface area contributed by atoms with Gasteiger partial charge in [0.15, 0.2) is 0 Å². The Morgan fingerprint density at radius 1 is 1.45 bits per heavy atom. The zero-order valence-corrected chi connectivity index (χ0v) is 12.5. The van der Waals surface area contributed by atoms with Gasteiger partial charge in [-0.1, -0.05) is 0 Å². The lowest BCUT2D eigenvalue weighted by molar-refractivity contribution is -0.117. The predicted molar refractivity (Wildman–Crippen MR) is 82.5 cm³/mol. The number of hydrogen-bond acceptors (Lipinski definition) is 4. The number of halogens is 1. The molecule has 112 valence electrons. The molecule has 5 nitrogen and oxygen atoms in total. The summed E-state index contributed by atoms with van der Waals surface area (Å²) in [6.07, 6.45) is 2.12. The minimum Gasteiger partial charge on any atom is -0.497 e. The first-order valence-corrected chi connectivity index (χ1v) is 6.59. The van der Waals surface area contributed by atoms with Gasteiger partial charge in [0.25, 0.3) is 0 Å². The van der Waals surface area contributed by atoms with E-state index >= 15 is 0 Å². The van der Waals surface area contributed by atoms with E-state index in [1.54, 1.807) is 7.11 Å². The van der Waals surface area contributed by atoms with E-state index in [-0.39, 0.29) is 24.4 Å². The molecule has 0 aliphatic carbocycles. The number of hydrogen-bond donors (Lipinski definition) is 2. The number of likely N-dealkylation sites (tertiary alicyclic amines) is 1. The monoisotopic (exact) mass is 299 g/mol. The van der Waals surface area contributed by atoms with Gasteiger partial charge in [0.1, 0.15) is 5.75 Å². The minimum absolute atomic E-state index is 0. The molecule has 0 aromatic heterocycles. The largest absolute Gasteiger partial charge is 0.497 e. The van der Waals surface area contributed by atoms with E-state index in [2.05, 4.69) is 10.2 Å². The molecule has 6 heteroatoms. The van der Waals surface area contributed by atoms with E-state index < -0.39 is 0 Å². The molecule has 1 aliphatic heterocycles. The number of carbonyl (C=O) groups is 1. The molecule has 1 atom stereocenters. The van der Waals surface area contributed by atoms with E-state index in [4.69, 9.17) is 10.5 Å². The van der Waals surface area contributed by atoms with Crippen molar-refractivity contribution in [3.8, 4) is 5.75 Å². The van der Waals surface area contributed by atoms with Crippen molar-refractivity contribution in [3.05, 3.63) is 24.3 Å². The van der Waals surface area contributed by atoms with Crippen LogP contribution in [0.1, 0.15) is 12.8 Å². The Balaban J connectivity index is 0.00000200. The Hall–Kier alpha value is -1.30. The highest BCUT2D eigenvalue weighted by molar-refractivity contribution is 5.92. The van der Waals surface area contributed by atoms with Crippen molar-refractivity contribution in [2.24, 2.45) is 5.73 Å². The number of nitrogens with two attached hydrogens (primary N) is 1. The van der Waals surface area contributed by atoms with Gasteiger partial charge in [-0.15, -0.1) is 12.4 Å². The third kappa shape index (κ3) is 5.00. The number of methoxy groups -OCH3 is 1. The molecule has 1 heterocycles. The molecule has 0 radical (unpaired) electrons. The van der Waals surface area contributed by atoms with Crippen molar-refractivity contribution in [3.63, 3.8) is 0 Å². The van der Waals surface area contributed by atoms with E-state index in [1.165, 1.54) is 0 Å². The van der Waals surface area contributed by atoms with Crippen LogP contribution in [0.15, 0.2) is 24.3 Å². The van der Waals surface area contributed by atoms with Crippen LogP contribution in [0.2, 0.25) is 0 Å². The van der Waals surface area contributed by atoms with Crippen LogP contribution in [0.5, 0.6) is 5.75 Å². The van der Waals surface area contributed by atoms with E-state index in [0.29, 0.717) is 6.54 Å². The maximum atomic E-state index is 11.9. The molecule has 1 aliphatic rings. The molecule has 1 aromatic carbocycles. The number of amides is 1. The number of ether oxygens (including phenoxy) is 1. The first-order valence-electron chi connectivity index (χ1n) is 6.59. The minimum atomic E-state index is -0.000679. The number of nitrogens with zero attached hydrogens (tertiary/aromatic N) is 1. The van der Waals surface area contributed by atoms with Gasteiger partial charge in [-0.2, -0.15) is 0 Å². The van der Waals surface area contributed by atoms with Crippen molar-refractivity contribution in [2.45, 2.75) is 18.9 Å². The van der Waals surface area contributed by atoms with Crippen molar-refractivity contribution < 1.29 is 9.53 Å². The number of piperidine rings is 1. The molecule has 3 N–H and O–H groups in total. The summed E-state index contributed by atoms with van der Waals surface area (Å²) in [4.78, 5) is 14.0. The van der Waals surface area contributed by atoms with Gasteiger partial charge in [0, 0.05) is 18.3 Å². The summed E-state index contributed by atoms with van der Waals surface area (Å²) < 4.78 is 5.07. The van der Waals surface area contributed by atoms with E-state index in [0.717, 1.165) is 37.4 Å². The highest BCUT2D eigenvalue weighted by atomic mass is 35.5. The molecule has 1 aromatic rings. The van der Waals surface area contributed by atoms with Crippen LogP contribution in [0, 0.1) is 0 Å². The zero-order chi connectivity index (χ0) is 13.7. The van der Waals surface area contributed by atoms with Gasteiger partial charge in [0.2, 0.25) is 5.91 Å². The summed E-state index contributed by atoms with van der Waals surface area (Å²) in [5, 5.41) is 2.88. The van der Waals surface area contributed by atoms with Crippen molar-refractivity contribution in [1.82, 2.24) is 4.90 Å². The quantitative estimate of drug-likeness (QED) is 0.884. The van der Waals surface area contributed by atoms with Crippen LogP contribution in [-0.2, 0) is 4.79 Å². The van der Waals surface area contributed by atoms with Crippen LogP contribution in [0.25, 0.3) is 0 Å². The number of nitrogens with one attached hydrogen (secondary N) is 1. The Morgan fingerprint density at radius 2 is 2.15 bits per heavy atom. The topological polar surface area (TPSA) is 67.6 Å². The van der Waals surface area contributed by atoms with Crippen LogP contribution in [0.4, 0.5) is 5.69 Å². The average molecular weight is 300 g/mol. The van der Waals surface area contributed by atoms with Crippen LogP contribution < -0.4 is 15.8 Å². The molecule has 1 amide bonds. The number of anilines is 1. The summed E-state index contributed by atoms with van der Waals surface area (Å²) in [6, 6.07) is 7.51. The van der Waals surface area contributed by atoms with Gasteiger partial charge in [-0.25, -0.2) is 0 Å². The molecule has 1 unspecified atom stereocenters. The maximum absolute atomic E-state index is 11.9. The van der Waals surface area contributed by atoms with Gasteiger partial charge in [-0.3, -0.25) is 9.69 Å². The third-order valence-electron chi connectivity index (χ3n) is 3.28. The Labute approximate surface area is 125 Å². The van der Waals surface area contributed by atoms with E-state index in [1.807, 2.05) is 24.3 Å². The lowest BCUT2D eigenvalue weighted by Gasteiger charge is -2.29. The van der Waals surface area contributed by atoms with Crippen LogP contribution in [0.3, 0.4) is 0 Å². The van der Waals surface area contributed by atoms with Crippen molar-refractivity contribution >= 4 is 24.0 Å². The molecule has 1 saturated heterocycles. The summed E-state index contributed by atoms with van der Waals surface area (Å²) in [6.45, 7) is 2.15. The summed E-state index contributed by atoms with van der Waals surface area (Å²) in [7, 11) is 1.62. The average Bonchev–Trinajstić information content (AvgIpc) is 2.39. The van der Waals surface area contributed by atoms with Gasteiger partial charge < -0.3 is 15.8 Å². The maximum Gasteiger partial charge on any atom is 0.238 e. The number of rotatable bonds is 4. The molecule has 20 heavy (non-hydrogen) atoms. The highest BCUT2D eigenvalue weighted by Crippen LogP contribution is 2.15. The molecule has 2 rings (SSSR count). The van der Waals surface area contributed by atoms with Crippen LogP contribution in [-0.4, -0.2) is 43.6 Å². The van der Waals surface area contributed by atoms with Gasteiger partial charge in [-0.05, 0) is 43.7 Å². The molecule has 0 spiro atoms. The molecule has 0 bridgehead atoms. The Morgan fingerprint density at radius 3 is 2.75 bits per heavy atom.